The number of amides is 2. The highest BCUT2D eigenvalue weighted by Crippen LogP contribution is 2.29. The molecule has 2 aliphatic heterocycles. The number of halogens is 1. The van der Waals surface area contributed by atoms with E-state index < -0.39 is 18.6 Å². The first kappa shape index (κ1) is 18.7. The topological polar surface area (TPSA) is 77.9 Å². The molecule has 0 saturated carbocycles. The van der Waals surface area contributed by atoms with Gasteiger partial charge in [-0.1, -0.05) is 35.9 Å². The molecule has 4 rings (SSSR count). The first-order chi connectivity index (χ1) is 13.5. The van der Waals surface area contributed by atoms with Crippen molar-refractivity contribution >= 4 is 29.2 Å². The Labute approximate surface area is 167 Å². The summed E-state index contributed by atoms with van der Waals surface area (Å²) in [6.45, 7) is 0.105. The first-order valence-electron chi connectivity index (χ1n) is 9.09. The quantitative estimate of drug-likeness (QED) is 0.836. The molecule has 1 fully saturated rings. The molecule has 1 saturated heterocycles. The van der Waals surface area contributed by atoms with Gasteiger partial charge in [-0.05, 0) is 34.9 Å². The van der Waals surface area contributed by atoms with Crippen LogP contribution in [-0.4, -0.2) is 64.8 Å². The number of aliphatic hydroxyl groups excluding tert-OH is 1. The van der Waals surface area contributed by atoms with E-state index in [2.05, 4.69) is 0 Å². The Morgan fingerprint density at radius 1 is 1.07 bits per heavy atom. The second-order valence-corrected chi connectivity index (χ2v) is 7.47. The lowest BCUT2D eigenvalue weighted by Gasteiger charge is -2.39. The minimum absolute atomic E-state index is 0.0956. The van der Waals surface area contributed by atoms with Gasteiger partial charge in [0.1, 0.15) is 12.6 Å². The van der Waals surface area contributed by atoms with Crippen LogP contribution in [0.2, 0.25) is 5.02 Å². The summed E-state index contributed by atoms with van der Waals surface area (Å²) in [5.41, 5.74) is 3.03. The predicted molar refractivity (Wildman–Crippen MR) is 104 cm³/mol. The van der Waals surface area contributed by atoms with Crippen LogP contribution in [0.15, 0.2) is 42.5 Å². The molecular weight excluding hydrogens is 380 g/mol. The molecule has 144 valence electrons. The Hall–Kier alpha value is -2.70. The molecule has 0 spiro atoms. The zero-order valence-corrected chi connectivity index (χ0v) is 15.9. The monoisotopic (exact) mass is 398 g/mol. The molecule has 0 unspecified atom stereocenters. The smallest absolute Gasteiger partial charge is 0.254 e. The van der Waals surface area contributed by atoms with Gasteiger partial charge < -0.3 is 14.9 Å². The van der Waals surface area contributed by atoms with Gasteiger partial charge in [0.2, 0.25) is 5.91 Å². The maximum Gasteiger partial charge on any atom is 0.254 e. The molecule has 1 N–H and O–H groups in total. The molecule has 0 aliphatic carbocycles. The molecule has 0 bridgehead atoms. The molecule has 2 aromatic rings. The van der Waals surface area contributed by atoms with Gasteiger partial charge in [-0.2, -0.15) is 0 Å². The summed E-state index contributed by atoms with van der Waals surface area (Å²) >= 11 is 5.95. The van der Waals surface area contributed by atoms with Crippen LogP contribution in [0.4, 0.5) is 0 Å². The van der Waals surface area contributed by atoms with Crippen molar-refractivity contribution in [2.24, 2.45) is 0 Å². The van der Waals surface area contributed by atoms with E-state index in [1.807, 2.05) is 30.3 Å². The Bertz CT molecular complexity index is 957. The fourth-order valence-electron chi connectivity index (χ4n) is 3.84. The second-order valence-electron chi connectivity index (χ2n) is 7.03. The van der Waals surface area contributed by atoms with E-state index in [1.54, 1.807) is 17.0 Å². The maximum absolute atomic E-state index is 13.2. The number of ketones is 1. The van der Waals surface area contributed by atoms with E-state index in [-0.39, 0.29) is 31.2 Å². The molecule has 2 aromatic carbocycles. The summed E-state index contributed by atoms with van der Waals surface area (Å²) in [5, 5.41) is 9.73. The first-order valence-corrected chi connectivity index (χ1v) is 9.47. The van der Waals surface area contributed by atoms with Gasteiger partial charge >= 0.3 is 0 Å². The summed E-state index contributed by atoms with van der Waals surface area (Å²) in [6.07, 6.45) is 0.143. The SMILES string of the molecule is O=C1Cc2ccc(-c3ccc(Cl)cc3)cc2C(=O)N2CCN(C(=O)CO)C[C@H]12. The van der Waals surface area contributed by atoms with E-state index in [0.29, 0.717) is 22.7 Å². The number of piperazine rings is 1. The second kappa shape index (κ2) is 7.37. The van der Waals surface area contributed by atoms with Crippen LogP contribution in [0.5, 0.6) is 0 Å². The average Bonchev–Trinajstić information content (AvgIpc) is 2.82. The maximum atomic E-state index is 13.2. The lowest BCUT2D eigenvalue weighted by Crippen LogP contribution is -2.59. The molecule has 28 heavy (non-hydrogen) atoms. The number of rotatable bonds is 2. The number of carbonyl (C=O) groups excluding carboxylic acids is 3. The Kier molecular flexibility index (Phi) is 4.91. The molecule has 2 aliphatic rings. The summed E-state index contributed by atoms with van der Waals surface area (Å²) in [6, 6.07) is 12.2. The van der Waals surface area contributed by atoms with Gasteiger partial charge in [-0.25, -0.2) is 0 Å². The van der Waals surface area contributed by atoms with Crippen LogP contribution in [-0.2, 0) is 16.0 Å². The van der Waals surface area contributed by atoms with Gasteiger partial charge in [0, 0.05) is 36.6 Å². The van der Waals surface area contributed by atoms with Gasteiger partial charge in [-0.15, -0.1) is 0 Å². The molecular formula is C21H19ClN2O4. The number of Topliss-reactive ketones (excluding diaryl/α,β-unsaturated/α-hetero) is 1. The van der Waals surface area contributed by atoms with Gasteiger partial charge in [-0.3, -0.25) is 14.4 Å². The fourth-order valence-corrected chi connectivity index (χ4v) is 3.97. The van der Waals surface area contributed by atoms with Crippen LogP contribution >= 0.6 is 11.6 Å². The standard InChI is InChI=1S/C21H19ClN2O4/c22-16-5-3-13(4-6-16)14-1-2-15-10-19(26)18-11-23(20(27)12-25)7-8-24(18)21(28)17(15)9-14/h1-6,9,18,25H,7-8,10-12H2/t18-/m1/s1. The molecule has 6 nitrogen and oxygen atoms in total. The van der Waals surface area contributed by atoms with Crippen LogP contribution < -0.4 is 0 Å². The number of fused-ring (bicyclic) bond motifs is 2. The summed E-state index contributed by atoms with van der Waals surface area (Å²) < 4.78 is 0. The highest BCUT2D eigenvalue weighted by Gasteiger charge is 2.40. The molecule has 2 heterocycles. The molecule has 0 radical (unpaired) electrons. The number of hydrogen-bond donors (Lipinski definition) is 1. The predicted octanol–water partition coefficient (Wildman–Crippen LogP) is 1.78. The molecule has 1 atom stereocenters. The third-order valence-corrected chi connectivity index (χ3v) is 5.64. The van der Waals surface area contributed by atoms with Crippen LogP contribution in [0.25, 0.3) is 11.1 Å². The molecule has 2 amide bonds. The summed E-state index contributed by atoms with van der Waals surface area (Å²) in [7, 11) is 0. The van der Waals surface area contributed by atoms with Crippen molar-refractivity contribution in [3.63, 3.8) is 0 Å². The van der Waals surface area contributed by atoms with Crippen molar-refractivity contribution in [3.05, 3.63) is 58.6 Å². The number of carbonyl (C=O) groups is 3. The van der Waals surface area contributed by atoms with E-state index >= 15 is 0 Å². The Morgan fingerprint density at radius 2 is 1.79 bits per heavy atom. The van der Waals surface area contributed by atoms with E-state index in [1.165, 1.54) is 4.90 Å². The lowest BCUT2D eigenvalue weighted by atomic mass is 9.96. The van der Waals surface area contributed by atoms with E-state index in [0.717, 1.165) is 11.1 Å². The summed E-state index contributed by atoms with van der Waals surface area (Å²) in [5.74, 6) is -0.716. The van der Waals surface area contributed by atoms with Gasteiger partial charge in [0.15, 0.2) is 5.78 Å². The third-order valence-electron chi connectivity index (χ3n) is 5.38. The number of benzene rings is 2. The molecule has 0 aromatic heterocycles. The average molecular weight is 399 g/mol. The zero-order chi connectivity index (χ0) is 19.8. The van der Waals surface area contributed by atoms with E-state index in [4.69, 9.17) is 16.7 Å². The largest absolute Gasteiger partial charge is 0.387 e. The van der Waals surface area contributed by atoms with Crippen molar-refractivity contribution in [2.45, 2.75) is 12.5 Å². The van der Waals surface area contributed by atoms with Crippen LogP contribution in [0.3, 0.4) is 0 Å². The van der Waals surface area contributed by atoms with E-state index in [9.17, 15) is 14.4 Å². The number of nitrogens with zero attached hydrogens (tertiary/aromatic N) is 2. The van der Waals surface area contributed by atoms with Crippen molar-refractivity contribution in [2.75, 3.05) is 26.2 Å². The van der Waals surface area contributed by atoms with Crippen LogP contribution in [0.1, 0.15) is 15.9 Å². The Balaban J connectivity index is 1.68. The normalized spacial score (nSPS) is 19.1. The van der Waals surface area contributed by atoms with Crippen molar-refractivity contribution < 1.29 is 19.5 Å². The van der Waals surface area contributed by atoms with Crippen molar-refractivity contribution in [3.8, 4) is 11.1 Å². The van der Waals surface area contributed by atoms with Gasteiger partial charge in [0.05, 0.1) is 0 Å². The third kappa shape index (κ3) is 3.30. The number of hydrogen-bond acceptors (Lipinski definition) is 4. The van der Waals surface area contributed by atoms with Crippen LogP contribution in [0, 0.1) is 0 Å². The fraction of sp³-hybridized carbons (Fsp3) is 0.286. The zero-order valence-electron chi connectivity index (χ0n) is 15.1. The minimum Gasteiger partial charge on any atom is -0.387 e. The highest BCUT2D eigenvalue weighted by molar-refractivity contribution is 6.30. The lowest BCUT2D eigenvalue weighted by molar-refractivity contribution is -0.138. The van der Waals surface area contributed by atoms with Crippen molar-refractivity contribution in [1.29, 1.82) is 0 Å². The Morgan fingerprint density at radius 3 is 2.50 bits per heavy atom. The minimum atomic E-state index is -0.678. The highest BCUT2D eigenvalue weighted by atomic mass is 35.5. The molecule has 7 heteroatoms. The summed E-state index contributed by atoms with van der Waals surface area (Å²) in [4.78, 5) is 40.8. The van der Waals surface area contributed by atoms with Crippen molar-refractivity contribution in [1.82, 2.24) is 9.80 Å². The van der Waals surface area contributed by atoms with Gasteiger partial charge in [0.25, 0.3) is 5.91 Å². The number of aliphatic hydroxyl groups is 1.